The largest absolute Gasteiger partial charge is 0.490 e. The molecule has 1 saturated heterocycles. The first-order valence-electron chi connectivity index (χ1n) is 12.1. The fourth-order valence-corrected chi connectivity index (χ4v) is 6.07. The van der Waals surface area contributed by atoms with Gasteiger partial charge in [0.1, 0.15) is 15.1 Å². The highest BCUT2D eigenvalue weighted by atomic mass is 32.2. The zero-order valence-corrected chi connectivity index (χ0v) is 22.3. The molecule has 0 bridgehead atoms. The van der Waals surface area contributed by atoms with E-state index in [9.17, 15) is 9.59 Å². The van der Waals surface area contributed by atoms with Crippen LogP contribution in [0.5, 0.6) is 5.75 Å². The van der Waals surface area contributed by atoms with Gasteiger partial charge >= 0.3 is 0 Å². The van der Waals surface area contributed by atoms with Gasteiger partial charge in [-0.3, -0.25) is 14.5 Å². The third-order valence-electron chi connectivity index (χ3n) is 5.98. The van der Waals surface area contributed by atoms with Crippen molar-refractivity contribution in [2.45, 2.75) is 70.8 Å². The van der Waals surface area contributed by atoms with E-state index in [4.69, 9.17) is 17.0 Å². The lowest BCUT2D eigenvalue weighted by Gasteiger charge is -2.23. The summed E-state index contributed by atoms with van der Waals surface area (Å²) < 4.78 is 6.86. The molecule has 4 rings (SSSR count). The van der Waals surface area contributed by atoms with Crippen LogP contribution in [0.15, 0.2) is 29.2 Å². The Balaban J connectivity index is 1.25. The van der Waals surface area contributed by atoms with Crippen LogP contribution in [-0.4, -0.2) is 43.9 Å². The highest BCUT2D eigenvalue weighted by Crippen LogP contribution is 2.35. The van der Waals surface area contributed by atoms with Crippen molar-refractivity contribution in [2.24, 2.45) is 0 Å². The van der Waals surface area contributed by atoms with Gasteiger partial charge in [0.05, 0.1) is 11.0 Å². The maximum absolute atomic E-state index is 13.0. The molecule has 1 N–H and O–H groups in total. The molecular formula is C25H30N4O3S3. The van der Waals surface area contributed by atoms with Crippen LogP contribution in [0.3, 0.4) is 0 Å². The van der Waals surface area contributed by atoms with Crippen LogP contribution in [0.2, 0.25) is 0 Å². The number of amides is 2. The minimum atomic E-state index is -0.0659. The number of hydrogen-bond acceptors (Lipinski definition) is 8. The molecule has 7 nitrogen and oxygen atoms in total. The summed E-state index contributed by atoms with van der Waals surface area (Å²) in [6, 6.07) is 7.89. The highest BCUT2D eigenvalue weighted by molar-refractivity contribution is 8.26. The number of unbranched alkanes of at least 4 members (excludes halogenated alkanes) is 2. The third kappa shape index (κ3) is 7.35. The van der Waals surface area contributed by atoms with Crippen molar-refractivity contribution >= 4 is 62.7 Å². The number of aryl methyl sites for hydroxylation is 1. The highest BCUT2D eigenvalue weighted by Gasteiger charge is 2.31. The average molecular weight is 531 g/mol. The lowest BCUT2D eigenvalue weighted by molar-refractivity contribution is -0.122. The van der Waals surface area contributed by atoms with Gasteiger partial charge in [0.25, 0.3) is 5.91 Å². The first-order chi connectivity index (χ1) is 17.0. The fraction of sp³-hybridized carbons (Fsp3) is 0.480. The molecule has 1 aromatic heterocycles. The summed E-state index contributed by atoms with van der Waals surface area (Å²) in [6.07, 6.45) is 10.8. The number of aromatic nitrogens is 2. The average Bonchev–Trinajstić information content (AvgIpc) is 3.37. The van der Waals surface area contributed by atoms with E-state index in [1.54, 1.807) is 4.90 Å². The lowest BCUT2D eigenvalue weighted by Crippen LogP contribution is -2.29. The summed E-state index contributed by atoms with van der Waals surface area (Å²) in [5.74, 6) is 0.701. The maximum Gasteiger partial charge on any atom is 0.266 e. The van der Waals surface area contributed by atoms with Crippen LogP contribution in [-0.2, 0) is 9.59 Å². The lowest BCUT2D eigenvalue weighted by atomic mass is 9.97. The third-order valence-corrected chi connectivity index (χ3v) is 8.11. The second-order valence-corrected chi connectivity index (χ2v) is 11.6. The number of anilines is 1. The monoisotopic (exact) mass is 530 g/mol. The molecule has 2 aliphatic rings. The van der Waals surface area contributed by atoms with Crippen LogP contribution in [0, 0.1) is 6.92 Å². The molecule has 10 heteroatoms. The zero-order chi connectivity index (χ0) is 24.6. The topological polar surface area (TPSA) is 84.4 Å². The Kier molecular flexibility index (Phi) is 9.28. The predicted octanol–water partition coefficient (Wildman–Crippen LogP) is 5.96. The summed E-state index contributed by atoms with van der Waals surface area (Å²) in [6.45, 7) is 2.40. The second kappa shape index (κ2) is 12.6. The minimum Gasteiger partial charge on any atom is -0.490 e. The number of thioether (sulfide) groups is 1. The molecule has 1 aliphatic carbocycles. The Hall–Kier alpha value is -2.30. The molecule has 0 spiro atoms. The molecule has 2 aromatic rings. The van der Waals surface area contributed by atoms with E-state index in [-0.39, 0.29) is 17.9 Å². The first-order valence-corrected chi connectivity index (χ1v) is 14.1. The van der Waals surface area contributed by atoms with E-state index >= 15 is 0 Å². The van der Waals surface area contributed by atoms with Gasteiger partial charge in [-0.05, 0) is 57.6 Å². The summed E-state index contributed by atoms with van der Waals surface area (Å²) in [4.78, 5) is 27.4. The first kappa shape index (κ1) is 25.8. The number of para-hydroxylation sites is 1. The standard InChI is InChI=1S/C25H30N4O3S3/c1-17-27-28-24(34-17)26-22(30)14-6-3-9-15-29-23(31)21(35-25(29)33)16-18-10-7-8-13-20(18)32-19-11-4-2-5-12-19/h7-8,10,13,16,19H,2-6,9,11-12,14-15H2,1H3,(H,26,28,30)/b21-16-. The summed E-state index contributed by atoms with van der Waals surface area (Å²) in [5.41, 5.74) is 0.912. The van der Waals surface area contributed by atoms with Gasteiger partial charge in [-0.25, -0.2) is 0 Å². The summed E-state index contributed by atoms with van der Waals surface area (Å²) in [5, 5.41) is 11.9. The van der Waals surface area contributed by atoms with E-state index in [2.05, 4.69) is 15.5 Å². The molecule has 2 amide bonds. The summed E-state index contributed by atoms with van der Waals surface area (Å²) >= 11 is 8.19. The quantitative estimate of drug-likeness (QED) is 0.231. The maximum atomic E-state index is 13.0. The second-order valence-electron chi connectivity index (χ2n) is 8.73. The van der Waals surface area contributed by atoms with Crippen molar-refractivity contribution in [3.8, 4) is 5.75 Å². The number of nitrogens with one attached hydrogen (secondary N) is 1. The molecule has 0 radical (unpaired) electrons. The summed E-state index contributed by atoms with van der Waals surface area (Å²) in [7, 11) is 0. The molecule has 1 aliphatic heterocycles. The van der Waals surface area contributed by atoms with Gasteiger partial charge in [-0.1, -0.05) is 66.4 Å². The van der Waals surface area contributed by atoms with Crippen molar-refractivity contribution in [2.75, 3.05) is 11.9 Å². The Labute approximate surface area is 219 Å². The Morgan fingerprint density at radius 2 is 2.00 bits per heavy atom. The Morgan fingerprint density at radius 1 is 1.20 bits per heavy atom. The molecule has 186 valence electrons. The van der Waals surface area contributed by atoms with Crippen molar-refractivity contribution in [1.29, 1.82) is 0 Å². The van der Waals surface area contributed by atoms with Crippen LogP contribution in [0.25, 0.3) is 6.08 Å². The normalized spacial score (nSPS) is 17.9. The van der Waals surface area contributed by atoms with E-state index in [0.29, 0.717) is 27.3 Å². The SMILES string of the molecule is Cc1nnc(NC(=O)CCCCCN2C(=O)/C(=C/c3ccccc3OC3CCCCC3)SC2=S)s1. The zero-order valence-electron chi connectivity index (χ0n) is 19.8. The van der Waals surface area contributed by atoms with Gasteiger partial charge < -0.3 is 10.1 Å². The van der Waals surface area contributed by atoms with Gasteiger partial charge in [0.2, 0.25) is 11.0 Å². The van der Waals surface area contributed by atoms with Crippen LogP contribution in [0.4, 0.5) is 5.13 Å². The van der Waals surface area contributed by atoms with Gasteiger partial charge in [0, 0.05) is 18.5 Å². The number of rotatable bonds is 10. The van der Waals surface area contributed by atoms with Crippen LogP contribution >= 0.6 is 35.3 Å². The number of carbonyl (C=O) groups excluding carboxylic acids is 2. The van der Waals surface area contributed by atoms with E-state index in [1.807, 2.05) is 37.3 Å². The smallest absolute Gasteiger partial charge is 0.266 e. The molecule has 1 aromatic carbocycles. The van der Waals surface area contributed by atoms with E-state index in [0.717, 1.165) is 48.4 Å². The number of hydrogen-bond donors (Lipinski definition) is 1. The van der Waals surface area contributed by atoms with Crippen molar-refractivity contribution in [3.05, 3.63) is 39.7 Å². The van der Waals surface area contributed by atoms with E-state index < -0.39 is 0 Å². The van der Waals surface area contributed by atoms with Crippen molar-refractivity contribution in [3.63, 3.8) is 0 Å². The van der Waals surface area contributed by atoms with Crippen molar-refractivity contribution < 1.29 is 14.3 Å². The van der Waals surface area contributed by atoms with Crippen LogP contribution in [0.1, 0.15) is 68.4 Å². The number of ether oxygens (including phenoxy) is 1. The molecular weight excluding hydrogens is 501 g/mol. The Morgan fingerprint density at radius 3 is 2.77 bits per heavy atom. The molecule has 1 saturated carbocycles. The van der Waals surface area contributed by atoms with Crippen LogP contribution < -0.4 is 10.1 Å². The number of nitrogens with zero attached hydrogens (tertiary/aromatic N) is 3. The number of benzene rings is 1. The van der Waals surface area contributed by atoms with Gasteiger partial charge in [0.15, 0.2) is 0 Å². The number of thiocarbonyl (C=S) groups is 1. The number of carbonyl (C=O) groups is 2. The molecule has 35 heavy (non-hydrogen) atoms. The molecule has 0 unspecified atom stereocenters. The Bertz CT molecular complexity index is 1100. The van der Waals surface area contributed by atoms with Gasteiger partial charge in [-0.2, -0.15) is 0 Å². The fourth-order valence-electron chi connectivity index (χ4n) is 4.16. The predicted molar refractivity (Wildman–Crippen MR) is 146 cm³/mol. The van der Waals surface area contributed by atoms with Gasteiger partial charge in [-0.15, -0.1) is 10.2 Å². The molecule has 0 atom stereocenters. The molecule has 2 heterocycles. The molecule has 2 fully saturated rings. The van der Waals surface area contributed by atoms with E-state index in [1.165, 1.54) is 42.4 Å². The van der Waals surface area contributed by atoms with Crippen molar-refractivity contribution in [1.82, 2.24) is 15.1 Å². The minimum absolute atomic E-state index is 0.0585.